The largest absolute Gasteiger partial charge is 0.493 e. The number of fused-ring (bicyclic) bond motifs is 1. The maximum Gasteiger partial charge on any atom is 0.279 e. The van der Waals surface area contributed by atoms with Gasteiger partial charge in [-0.25, -0.2) is 0 Å². The molecule has 0 radical (unpaired) electrons. The number of hydrogen-bond donors (Lipinski definition) is 1. The molecule has 0 bridgehead atoms. The van der Waals surface area contributed by atoms with Crippen molar-refractivity contribution in [2.45, 2.75) is 31.3 Å². The number of aromatic nitrogens is 2. The first-order valence-electron chi connectivity index (χ1n) is 8.84. The van der Waals surface area contributed by atoms with Crippen molar-refractivity contribution in [1.82, 2.24) is 9.55 Å². The molecule has 1 aliphatic heterocycles. The van der Waals surface area contributed by atoms with Gasteiger partial charge in [0.15, 0.2) is 16.7 Å². The second kappa shape index (κ2) is 8.04. The van der Waals surface area contributed by atoms with E-state index in [1.807, 2.05) is 39.1 Å². The lowest BCUT2D eigenvalue weighted by Gasteiger charge is -2.27. The highest BCUT2D eigenvalue weighted by molar-refractivity contribution is 7.99. The average Bonchev–Trinajstić information content (AvgIpc) is 2.66. The maximum atomic E-state index is 12.8. The molecule has 1 aromatic heterocycles. The summed E-state index contributed by atoms with van der Waals surface area (Å²) < 4.78 is 12.8. The molecule has 1 atom stereocenters. The Labute approximate surface area is 162 Å². The number of methoxy groups -OCH3 is 1. The van der Waals surface area contributed by atoms with Crippen molar-refractivity contribution in [2.75, 3.05) is 24.8 Å². The molecule has 1 aromatic carbocycles. The van der Waals surface area contributed by atoms with E-state index in [0.717, 1.165) is 11.3 Å². The fourth-order valence-corrected chi connectivity index (χ4v) is 3.94. The molecule has 144 valence electrons. The van der Waals surface area contributed by atoms with Crippen molar-refractivity contribution in [1.29, 1.82) is 0 Å². The molecule has 1 amide bonds. The third kappa shape index (κ3) is 3.66. The lowest BCUT2D eigenvalue weighted by atomic mass is 9.86. The van der Waals surface area contributed by atoms with Gasteiger partial charge >= 0.3 is 0 Å². The van der Waals surface area contributed by atoms with Crippen LogP contribution in [0.1, 0.15) is 37.3 Å². The Hall–Kier alpha value is -2.48. The van der Waals surface area contributed by atoms with E-state index in [-0.39, 0.29) is 23.8 Å². The zero-order valence-electron chi connectivity index (χ0n) is 15.9. The number of carbonyl (C=O) groups excluding carboxylic acids is 1. The van der Waals surface area contributed by atoms with Gasteiger partial charge in [0.05, 0.1) is 19.3 Å². The Morgan fingerprint density at radius 3 is 2.74 bits per heavy atom. The van der Waals surface area contributed by atoms with Crippen LogP contribution >= 0.6 is 11.8 Å². The van der Waals surface area contributed by atoms with Gasteiger partial charge in [0.1, 0.15) is 5.82 Å². The number of thioether (sulfide) groups is 1. The van der Waals surface area contributed by atoms with E-state index in [2.05, 4.69) is 10.3 Å². The van der Waals surface area contributed by atoms with Crippen LogP contribution in [0.15, 0.2) is 28.2 Å². The molecule has 0 aliphatic carbocycles. The quantitative estimate of drug-likeness (QED) is 0.604. The van der Waals surface area contributed by atoms with Crippen LogP contribution in [-0.4, -0.2) is 34.9 Å². The van der Waals surface area contributed by atoms with Gasteiger partial charge < -0.3 is 19.4 Å². The summed E-state index contributed by atoms with van der Waals surface area (Å²) in [7, 11) is 3.38. The van der Waals surface area contributed by atoms with Gasteiger partial charge in [-0.2, -0.15) is 4.98 Å². The van der Waals surface area contributed by atoms with Gasteiger partial charge in [-0.15, -0.1) is 0 Å². The van der Waals surface area contributed by atoms with Crippen LogP contribution in [0.5, 0.6) is 11.5 Å². The van der Waals surface area contributed by atoms with Crippen molar-refractivity contribution in [3.05, 3.63) is 39.7 Å². The molecule has 3 rings (SSSR count). The Balaban J connectivity index is 2.13. The summed E-state index contributed by atoms with van der Waals surface area (Å²) in [6.07, 6.45) is 0.182. The van der Waals surface area contributed by atoms with E-state index in [4.69, 9.17) is 9.47 Å². The standard InChI is InChI=1S/C19H23N3O4S/c1-5-26-13-8-7-11(9-14(13)25-4)12-10-15(23)20-17-16(12)18(24)21-19(22(17)3)27-6-2/h7-9,12H,5-6,10H2,1-4H3,(H,20,23)/t12-/m1/s1. The number of ether oxygens (including phenoxy) is 2. The Morgan fingerprint density at radius 2 is 2.07 bits per heavy atom. The van der Waals surface area contributed by atoms with Crippen molar-refractivity contribution < 1.29 is 14.3 Å². The van der Waals surface area contributed by atoms with Crippen LogP contribution in [0.4, 0.5) is 5.82 Å². The van der Waals surface area contributed by atoms with Crippen LogP contribution in [0.2, 0.25) is 0 Å². The Bertz CT molecular complexity index is 926. The number of amides is 1. The SMILES string of the molecule is CCOc1ccc([C@H]2CC(=O)Nc3c2c(=O)nc(SCC)n3C)cc1OC. The van der Waals surface area contributed by atoms with Crippen molar-refractivity contribution in [2.24, 2.45) is 7.05 Å². The number of carbonyl (C=O) groups is 1. The zero-order valence-corrected chi connectivity index (χ0v) is 16.7. The first kappa shape index (κ1) is 19.3. The molecule has 2 aromatic rings. The summed E-state index contributed by atoms with van der Waals surface area (Å²) in [5.74, 6) is 1.99. The van der Waals surface area contributed by atoms with Crippen LogP contribution < -0.4 is 20.3 Å². The Kier molecular flexibility index (Phi) is 5.74. The van der Waals surface area contributed by atoms with E-state index in [1.165, 1.54) is 11.8 Å². The summed E-state index contributed by atoms with van der Waals surface area (Å²) in [6.45, 7) is 4.41. The fraction of sp³-hybridized carbons (Fsp3) is 0.421. The maximum absolute atomic E-state index is 12.8. The molecule has 1 aliphatic rings. The van der Waals surface area contributed by atoms with E-state index >= 15 is 0 Å². The summed E-state index contributed by atoms with van der Waals surface area (Å²) >= 11 is 1.46. The lowest BCUT2D eigenvalue weighted by Crippen LogP contribution is -2.33. The molecule has 0 spiro atoms. The predicted octanol–water partition coefficient (Wildman–Crippen LogP) is 2.77. The number of benzene rings is 1. The third-order valence-corrected chi connectivity index (χ3v) is 5.38. The van der Waals surface area contributed by atoms with Crippen molar-refractivity contribution in [3.63, 3.8) is 0 Å². The summed E-state index contributed by atoms with van der Waals surface area (Å²) in [5.41, 5.74) is 1.02. The average molecular weight is 389 g/mol. The van der Waals surface area contributed by atoms with Gasteiger partial charge in [0, 0.05) is 19.4 Å². The molecule has 7 nitrogen and oxygen atoms in total. The van der Waals surface area contributed by atoms with Crippen LogP contribution in [0, 0.1) is 0 Å². The normalized spacial score (nSPS) is 15.9. The number of anilines is 1. The third-order valence-electron chi connectivity index (χ3n) is 4.46. The van der Waals surface area contributed by atoms with Gasteiger partial charge in [-0.05, 0) is 30.4 Å². The zero-order chi connectivity index (χ0) is 19.6. The lowest BCUT2D eigenvalue weighted by molar-refractivity contribution is -0.116. The van der Waals surface area contributed by atoms with Gasteiger partial charge in [-0.1, -0.05) is 24.8 Å². The number of nitrogens with zero attached hydrogens (tertiary/aromatic N) is 2. The topological polar surface area (TPSA) is 82.5 Å². The number of nitrogens with one attached hydrogen (secondary N) is 1. The minimum Gasteiger partial charge on any atom is -0.493 e. The molecular formula is C19H23N3O4S. The van der Waals surface area contributed by atoms with E-state index in [0.29, 0.717) is 34.6 Å². The second-order valence-electron chi connectivity index (χ2n) is 6.10. The van der Waals surface area contributed by atoms with E-state index < -0.39 is 0 Å². The predicted molar refractivity (Wildman–Crippen MR) is 105 cm³/mol. The monoisotopic (exact) mass is 389 g/mol. The molecule has 0 saturated carbocycles. The molecule has 2 heterocycles. The van der Waals surface area contributed by atoms with Gasteiger partial charge in [-0.3, -0.25) is 9.59 Å². The molecule has 27 heavy (non-hydrogen) atoms. The van der Waals surface area contributed by atoms with Crippen LogP contribution in [0.25, 0.3) is 0 Å². The summed E-state index contributed by atoms with van der Waals surface area (Å²) in [6, 6.07) is 5.50. The highest BCUT2D eigenvalue weighted by atomic mass is 32.2. The van der Waals surface area contributed by atoms with Gasteiger partial charge in [0.25, 0.3) is 5.56 Å². The summed E-state index contributed by atoms with van der Waals surface area (Å²) in [5, 5.41) is 3.43. The van der Waals surface area contributed by atoms with Gasteiger partial charge in [0.2, 0.25) is 5.91 Å². The number of rotatable bonds is 6. The summed E-state index contributed by atoms with van der Waals surface area (Å²) in [4.78, 5) is 29.4. The van der Waals surface area contributed by atoms with Crippen molar-refractivity contribution >= 4 is 23.5 Å². The molecule has 0 saturated heterocycles. The molecule has 0 fully saturated rings. The Morgan fingerprint density at radius 1 is 1.30 bits per heavy atom. The first-order chi connectivity index (χ1) is 13.0. The second-order valence-corrected chi connectivity index (χ2v) is 7.33. The molecule has 1 N–H and O–H groups in total. The first-order valence-corrected chi connectivity index (χ1v) is 9.82. The van der Waals surface area contributed by atoms with E-state index in [9.17, 15) is 9.59 Å². The smallest absolute Gasteiger partial charge is 0.279 e. The highest BCUT2D eigenvalue weighted by Gasteiger charge is 2.32. The van der Waals surface area contributed by atoms with Crippen molar-refractivity contribution in [3.8, 4) is 11.5 Å². The minimum absolute atomic E-state index is 0.131. The molecular weight excluding hydrogens is 366 g/mol. The van der Waals surface area contributed by atoms with Crippen LogP contribution in [-0.2, 0) is 11.8 Å². The number of hydrogen-bond acceptors (Lipinski definition) is 6. The minimum atomic E-state index is -0.384. The van der Waals surface area contributed by atoms with Crippen LogP contribution in [0.3, 0.4) is 0 Å². The molecule has 0 unspecified atom stereocenters. The molecule has 8 heteroatoms. The highest BCUT2D eigenvalue weighted by Crippen LogP contribution is 2.39. The van der Waals surface area contributed by atoms with E-state index in [1.54, 1.807) is 11.7 Å². The fourth-order valence-electron chi connectivity index (χ4n) is 3.25.